The molecule has 0 radical (unpaired) electrons. The van der Waals surface area contributed by atoms with Crippen LogP contribution in [-0.4, -0.2) is 41.9 Å². The van der Waals surface area contributed by atoms with Crippen molar-refractivity contribution >= 4 is 0 Å². The highest BCUT2D eigenvalue weighted by molar-refractivity contribution is 5.52. The number of phenolic OH excluding ortho intramolecular Hbond substituents is 3. The van der Waals surface area contributed by atoms with Gasteiger partial charge in [-0.1, -0.05) is 6.07 Å². The van der Waals surface area contributed by atoms with Crippen LogP contribution in [0.25, 0.3) is 0 Å². The van der Waals surface area contributed by atoms with Gasteiger partial charge >= 0.3 is 0 Å². The smallest absolute Gasteiger partial charge is 0.200 e. The Morgan fingerprint density at radius 1 is 1.11 bits per heavy atom. The fraction of sp³-hybridized carbons (Fsp3) is 0.500. The Labute approximate surface area is 106 Å². The van der Waals surface area contributed by atoms with Gasteiger partial charge in [-0.2, -0.15) is 0 Å². The lowest BCUT2D eigenvalue weighted by Crippen LogP contribution is -2.39. The highest BCUT2D eigenvalue weighted by Crippen LogP contribution is 2.36. The lowest BCUT2D eigenvalue weighted by atomic mass is 10.1. The summed E-state index contributed by atoms with van der Waals surface area (Å²) in [5, 5.41) is 31.3. The largest absolute Gasteiger partial charge is 0.504 e. The lowest BCUT2D eigenvalue weighted by Gasteiger charge is -2.22. The van der Waals surface area contributed by atoms with Crippen molar-refractivity contribution in [2.75, 3.05) is 14.2 Å². The van der Waals surface area contributed by atoms with Gasteiger partial charge in [0, 0.05) is 26.3 Å². The zero-order chi connectivity index (χ0) is 13.7. The average molecular weight is 257 g/mol. The summed E-state index contributed by atoms with van der Waals surface area (Å²) in [5.41, 5.74) is 0.475. The van der Waals surface area contributed by atoms with E-state index in [4.69, 9.17) is 9.47 Å². The number of hydrogen-bond donors (Lipinski definition) is 4. The normalized spacial score (nSPS) is 12.9. The van der Waals surface area contributed by atoms with Crippen LogP contribution < -0.4 is 5.32 Å². The van der Waals surface area contributed by atoms with E-state index in [9.17, 15) is 15.3 Å². The van der Waals surface area contributed by atoms with Gasteiger partial charge in [0.25, 0.3) is 0 Å². The van der Waals surface area contributed by atoms with Crippen molar-refractivity contribution in [3.63, 3.8) is 0 Å². The molecule has 102 valence electrons. The second kappa shape index (κ2) is 6.44. The minimum absolute atomic E-state index is 0.102. The highest BCUT2D eigenvalue weighted by Gasteiger charge is 2.17. The molecule has 0 saturated heterocycles. The zero-order valence-electron chi connectivity index (χ0n) is 10.7. The molecule has 1 atom stereocenters. The van der Waals surface area contributed by atoms with E-state index in [1.165, 1.54) is 26.4 Å². The molecule has 0 bridgehead atoms. The number of aromatic hydroxyl groups is 3. The minimum atomic E-state index is -0.517. The molecular formula is C12H19NO5. The third-order valence-corrected chi connectivity index (χ3v) is 2.70. The Kier molecular flexibility index (Phi) is 5.21. The summed E-state index contributed by atoms with van der Waals surface area (Å²) in [4.78, 5) is 0. The monoisotopic (exact) mass is 257 g/mol. The quantitative estimate of drug-likeness (QED) is 0.447. The van der Waals surface area contributed by atoms with Crippen LogP contribution in [0.3, 0.4) is 0 Å². The van der Waals surface area contributed by atoms with E-state index in [2.05, 4.69) is 5.32 Å². The molecule has 0 aliphatic heterocycles. The van der Waals surface area contributed by atoms with Crippen molar-refractivity contribution in [2.45, 2.75) is 25.8 Å². The van der Waals surface area contributed by atoms with Crippen LogP contribution in [0.2, 0.25) is 0 Å². The Bertz CT molecular complexity index is 392. The van der Waals surface area contributed by atoms with Gasteiger partial charge in [0.1, 0.15) is 0 Å². The maximum Gasteiger partial charge on any atom is 0.200 e. The third-order valence-electron chi connectivity index (χ3n) is 2.70. The van der Waals surface area contributed by atoms with Crippen molar-refractivity contribution in [1.82, 2.24) is 5.32 Å². The molecule has 1 aromatic rings. The van der Waals surface area contributed by atoms with Crippen molar-refractivity contribution in [3.05, 3.63) is 17.7 Å². The number of rotatable bonds is 6. The van der Waals surface area contributed by atoms with Gasteiger partial charge < -0.3 is 30.1 Å². The molecule has 0 spiro atoms. The van der Waals surface area contributed by atoms with Crippen LogP contribution in [0, 0.1) is 0 Å². The number of benzene rings is 1. The Hall–Kier alpha value is -1.50. The molecule has 18 heavy (non-hydrogen) atoms. The Morgan fingerprint density at radius 3 is 2.28 bits per heavy atom. The first-order valence-electron chi connectivity index (χ1n) is 5.53. The zero-order valence-corrected chi connectivity index (χ0v) is 10.7. The van der Waals surface area contributed by atoms with Crippen molar-refractivity contribution < 1.29 is 24.8 Å². The van der Waals surface area contributed by atoms with Gasteiger partial charge in [-0.3, -0.25) is 0 Å². The van der Waals surface area contributed by atoms with E-state index in [1.807, 2.05) is 6.92 Å². The van der Waals surface area contributed by atoms with Gasteiger partial charge in [0.05, 0.1) is 6.04 Å². The second-order valence-electron chi connectivity index (χ2n) is 3.95. The molecule has 0 heterocycles. The summed E-state index contributed by atoms with van der Waals surface area (Å²) in [5.74, 6) is -1.20. The fourth-order valence-corrected chi connectivity index (χ4v) is 1.63. The molecule has 0 amide bonds. The van der Waals surface area contributed by atoms with Gasteiger partial charge in [0.15, 0.2) is 17.8 Å². The Morgan fingerprint density at radius 2 is 1.72 bits per heavy atom. The lowest BCUT2D eigenvalue weighted by molar-refractivity contribution is -0.119. The fourth-order valence-electron chi connectivity index (χ4n) is 1.63. The molecule has 1 aromatic carbocycles. The first kappa shape index (κ1) is 14.6. The highest BCUT2D eigenvalue weighted by atomic mass is 16.7. The van der Waals surface area contributed by atoms with Crippen LogP contribution in [-0.2, 0) is 16.0 Å². The first-order valence-corrected chi connectivity index (χ1v) is 5.53. The summed E-state index contributed by atoms with van der Waals surface area (Å²) in [6.07, 6.45) is -0.405. The summed E-state index contributed by atoms with van der Waals surface area (Å²) in [6.45, 7) is 2.18. The number of ether oxygens (including phenoxy) is 2. The first-order chi connectivity index (χ1) is 8.51. The molecule has 0 aromatic heterocycles. The Balaban J connectivity index is 2.67. The van der Waals surface area contributed by atoms with E-state index in [0.717, 1.165) is 0 Å². The van der Waals surface area contributed by atoms with E-state index < -0.39 is 12.0 Å². The summed E-state index contributed by atoms with van der Waals surface area (Å²) >= 11 is 0. The van der Waals surface area contributed by atoms with Crippen molar-refractivity contribution in [2.24, 2.45) is 0 Å². The SMILES string of the molecule is COC(OC)C(C)NCc1ccc(O)c(O)c1O. The predicted molar refractivity (Wildman–Crippen MR) is 65.5 cm³/mol. The maximum absolute atomic E-state index is 9.63. The van der Waals surface area contributed by atoms with E-state index in [-0.39, 0.29) is 17.5 Å². The number of methoxy groups -OCH3 is 2. The van der Waals surface area contributed by atoms with Gasteiger partial charge in [-0.15, -0.1) is 0 Å². The minimum Gasteiger partial charge on any atom is -0.504 e. The average Bonchev–Trinajstić information content (AvgIpc) is 2.36. The summed E-state index contributed by atoms with van der Waals surface area (Å²) in [7, 11) is 3.08. The molecular weight excluding hydrogens is 238 g/mol. The molecule has 0 saturated carbocycles. The summed E-state index contributed by atoms with van der Waals surface area (Å²) < 4.78 is 10.2. The number of hydrogen-bond acceptors (Lipinski definition) is 6. The molecule has 0 aliphatic rings. The number of nitrogens with one attached hydrogen (secondary N) is 1. The van der Waals surface area contributed by atoms with E-state index >= 15 is 0 Å². The van der Waals surface area contributed by atoms with Crippen LogP contribution in [0.4, 0.5) is 0 Å². The van der Waals surface area contributed by atoms with Crippen molar-refractivity contribution in [3.8, 4) is 17.2 Å². The van der Waals surface area contributed by atoms with Gasteiger partial charge in [-0.25, -0.2) is 0 Å². The third kappa shape index (κ3) is 3.25. The molecule has 0 fully saturated rings. The topological polar surface area (TPSA) is 91.2 Å². The molecule has 1 unspecified atom stereocenters. The van der Waals surface area contributed by atoms with Gasteiger partial charge in [-0.05, 0) is 13.0 Å². The molecule has 6 nitrogen and oxygen atoms in total. The van der Waals surface area contributed by atoms with Crippen LogP contribution in [0.1, 0.15) is 12.5 Å². The second-order valence-corrected chi connectivity index (χ2v) is 3.95. The van der Waals surface area contributed by atoms with Crippen LogP contribution in [0.5, 0.6) is 17.2 Å². The molecule has 1 rings (SSSR count). The van der Waals surface area contributed by atoms with E-state index in [0.29, 0.717) is 12.1 Å². The predicted octanol–water partition coefficient (Wildman–Crippen LogP) is 0.900. The molecule has 0 aliphatic carbocycles. The van der Waals surface area contributed by atoms with E-state index in [1.54, 1.807) is 0 Å². The molecule has 4 N–H and O–H groups in total. The van der Waals surface area contributed by atoms with Gasteiger partial charge in [0.2, 0.25) is 5.75 Å². The maximum atomic E-state index is 9.63. The molecule has 6 heteroatoms. The summed E-state index contributed by atoms with van der Waals surface area (Å²) in [6, 6.07) is 2.75. The van der Waals surface area contributed by atoms with Crippen molar-refractivity contribution in [1.29, 1.82) is 0 Å². The standard InChI is InChI=1S/C12H19NO5/c1-7(12(17-2)18-3)13-6-8-4-5-9(14)11(16)10(8)15/h4-5,7,12-16H,6H2,1-3H3. The van der Waals surface area contributed by atoms with Crippen LogP contribution in [0.15, 0.2) is 12.1 Å². The number of phenols is 3. The van der Waals surface area contributed by atoms with Crippen LogP contribution >= 0.6 is 0 Å².